The first kappa shape index (κ1) is 24.5. The standard InChI is InChI=1S/C25H35N5O3/c1-5-6-13-30(25(32)19(2)3)18-24(31)29-16-14-28(15-17-29)23-12-11-22(26-27-23)20-7-9-21(33-4)10-8-20/h7-12,19H,5-6,13-18H2,1-4H3. The second-order valence-electron chi connectivity index (χ2n) is 8.64. The van der Waals surface area contributed by atoms with Crippen LogP contribution in [0.25, 0.3) is 11.3 Å². The maximum Gasteiger partial charge on any atom is 0.242 e. The molecule has 8 heteroatoms. The Morgan fingerprint density at radius 2 is 1.73 bits per heavy atom. The van der Waals surface area contributed by atoms with Crippen molar-refractivity contribution in [1.82, 2.24) is 20.0 Å². The lowest BCUT2D eigenvalue weighted by Crippen LogP contribution is -2.52. The van der Waals surface area contributed by atoms with Crippen LogP contribution in [-0.4, -0.2) is 78.2 Å². The van der Waals surface area contributed by atoms with Crippen LogP contribution in [-0.2, 0) is 9.59 Å². The van der Waals surface area contributed by atoms with Gasteiger partial charge in [-0.1, -0.05) is 27.2 Å². The van der Waals surface area contributed by atoms with Crippen LogP contribution >= 0.6 is 0 Å². The smallest absolute Gasteiger partial charge is 0.242 e. The molecule has 0 bridgehead atoms. The van der Waals surface area contributed by atoms with Gasteiger partial charge in [0.2, 0.25) is 11.8 Å². The van der Waals surface area contributed by atoms with Gasteiger partial charge in [0.15, 0.2) is 5.82 Å². The SMILES string of the molecule is CCCCN(CC(=O)N1CCN(c2ccc(-c3ccc(OC)cc3)nn2)CC1)C(=O)C(C)C. The number of piperazine rings is 1. The number of hydrogen-bond acceptors (Lipinski definition) is 6. The van der Waals surface area contributed by atoms with Crippen molar-refractivity contribution in [1.29, 1.82) is 0 Å². The minimum absolute atomic E-state index is 0.0145. The lowest BCUT2D eigenvalue weighted by Gasteiger charge is -2.36. The zero-order valence-corrected chi connectivity index (χ0v) is 20.2. The first-order valence-corrected chi connectivity index (χ1v) is 11.7. The number of unbranched alkanes of at least 4 members (excludes halogenated alkanes) is 1. The van der Waals surface area contributed by atoms with E-state index in [9.17, 15) is 9.59 Å². The molecule has 2 amide bonds. The van der Waals surface area contributed by atoms with Crippen LogP contribution in [0.2, 0.25) is 0 Å². The highest BCUT2D eigenvalue weighted by Gasteiger charge is 2.26. The minimum atomic E-state index is -0.106. The average molecular weight is 454 g/mol. The van der Waals surface area contributed by atoms with Crippen molar-refractivity contribution in [2.45, 2.75) is 33.6 Å². The Labute approximate surface area is 196 Å². The van der Waals surface area contributed by atoms with E-state index < -0.39 is 0 Å². The van der Waals surface area contributed by atoms with E-state index in [-0.39, 0.29) is 24.3 Å². The topological polar surface area (TPSA) is 78.9 Å². The van der Waals surface area contributed by atoms with Gasteiger partial charge in [0.25, 0.3) is 0 Å². The molecule has 0 N–H and O–H groups in total. The largest absolute Gasteiger partial charge is 0.497 e. The molecule has 1 aliphatic rings. The lowest BCUT2D eigenvalue weighted by molar-refractivity contribution is -0.142. The third kappa shape index (κ3) is 6.43. The summed E-state index contributed by atoms with van der Waals surface area (Å²) in [5.74, 6) is 1.56. The van der Waals surface area contributed by atoms with Gasteiger partial charge in [-0.05, 0) is 42.8 Å². The first-order valence-electron chi connectivity index (χ1n) is 11.7. The second-order valence-corrected chi connectivity index (χ2v) is 8.64. The molecule has 178 valence electrons. The third-order valence-corrected chi connectivity index (χ3v) is 5.91. The molecule has 0 radical (unpaired) electrons. The van der Waals surface area contributed by atoms with Crippen LogP contribution < -0.4 is 9.64 Å². The molecule has 1 fully saturated rings. The number of ether oxygens (including phenoxy) is 1. The Kier molecular flexibility index (Phi) is 8.63. The van der Waals surface area contributed by atoms with Gasteiger partial charge in [-0.2, -0.15) is 0 Å². The molecule has 3 rings (SSSR count). The molecule has 0 atom stereocenters. The summed E-state index contributed by atoms with van der Waals surface area (Å²) in [7, 11) is 1.64. The van der Waals surface area contributed by atoms with Crippen molar-refractivity contribution in [2.24, 2.45) is 5.92 Å². The quantitative estimate of drug-likeness (QED) is 0.581. The molecule has 0 unspecified atom stereocenters. The van der Waals surface area contributed by atoms with Crippen molar-refractivity contribution in [2.75, 3.05) is 51.3 Å². The Hall–Kier alpha value is -3.16. The average Bonchev–Trinajstić information content (AvgIpc) is 2.86. The van der Waals surface area contributed by atoms with Crippen LogP contribution in [0, 0.1) is 5.92 Å². The number of hydrogen-bond donors (Lipinski definition) is 0. The van der Waals surface area contributed by atoms with Crippen molar-refractivity contribution in [3.8, 4) is 17.0 Å². The van der Waals surface area contributed by atoms with Gasteiger partial charge >= 0.3 is 0 Å². The lowest BCUT2D eigenvalue weighted by atomic mass is 10.1. The number of aromatic nitrogens is 2. The van der Waals surface area contributed by atoms with Crippen LogP contribution in [0.4, 0.5) is 5.82 Å². The summed E-state index contributed by atoms with van der Waals surface area (Å²) in [6.07, 6.45) is 1.90. The molecule has 1 aromatic heterocycles. The summed E-state index contributed by atoms with van der Waals surface area (Å²) in [4.78, 5) is 31.1. The first-order chi connectivity index (χ1) is 15.9. The highest BCUT2D eigenvalue weighted by atomic mass is 16.5. The number of nitrogens with zero attached hydrogens (tertiary/aromatic N) is 5. The fraction of sp³-hybridized carbons (Fsp3) is 0.520. The van der Waals surface area contributed by atoms with E-state index in [2.05, 4.69) is 22.0 Å². The highest BCUT2D eigenvalue weighted by Crippen LogP contribution is 2.22. The number of rotatable bonds is 9. The summed E-state index contributed by atoms with van der Waals surface area (Å²) in [5, 5.41) is 8.78. The normalized spacial score (nSPS) is 13.8. The molecule has 1 aliphatic heterocycles. The van der Waals surface area contributed by atoms with Gasteiger partial charge in [-0.25, -0.2) is 0 Å². The number of anilines is 1. The molecule has 8 nitrogen and oxygen atoms in total. The molecule has 2 heterocycles. The van der Waals surface area contributed by atoms with Gasteiger partial charge in [0.1, 0.15) is 5.75 Å². The summed E-state index contributed by atoms with van der Waals surface area (Å²) in [6, 6.07) is 11.7. The van der Waals surface area contributed by atoms with Gasteiger partial charge in [0, 0.05) is 44.2 Å². The summed E-state index contributed by atoms with van der Waals surface area (Å²) < 4.78 is 5.20. The van der Waals surface area contributed by atoms with E-state index in [0.717, 1.165) is 35.7 Å². The van der Waals surface area contributed by atoms with Crippen molar-refractivity contribution >= 4 is 17.6 Å². The van der Waals surface area contributed by atoms with Gasteiger partial charge in [-0.3, -0.25) is 9.59 Å². The third-order valence-electron chi connectivity index (χ3n) is 5.91. The summed E-state index contributed by atoms with van der Waals surface area (Å²) >= 11 is 0. The van der Waals surface area contributed by atoms with Crippen LogP contribution in [0.1, 0.15) is 33.6 Å². The maximum absolute atomic E-state index is 12.9. The fourth-order valence-corrected chi connectivity index (χ4v) is 3.84. The predicted octanol–water partition coefficient (Wildman–Crippen LogP) is 3.09. The summed E-state index contributed by atoms with van der Waals surface area (Å²) in [5.41, 5.74) is 1.78. The molecule has 0 spiro atoms. The monoisotopic (exact) mass is 453 g/mol. The van der Waals surface area contributed by atoms with Crippen molar-refractivity contribution in [3.05, 3.63) is 36.4 Å². The second kappa shape index (κ2) is 11.6. The Morgan fingerprint density at radius 1 is 1.03 bits per heavy atom. The van der Waals surface area contributed by atoms with E-state index in [1.165, 1.54) is 0 Å². The molecule has 33 heavy (non-hydrogen) atoms. The fourth-order valence-electron chi connectivity index (χ4n) is 3.84. The van der Waals surface area contributed by atoms with Crippen LogP contribution in [0.5, 0.6) is 5.75 Å². The Bertz CT molecular complexity index is 907. The van der Waals surface area contributed by atoms with Crippen molar-refractivity contribution < 1.29 is 14.3 Å². The number of benzene rings is 1. The van der Waals surface area contributed by atoms with Gasteiger partial charge in [0.05, 0.1) is 19.3 Å². The molecular formula is C25H35N5O3. The summed E-state index contributed by atoms with van der Waals surface area (Å²) in [6.45, 7) is 9.24. The molecule has 2 aromatic rings. The van der Waals surface area contributed by atoms with Crippen LogP contribution in [0.15, 0.2) is 36.4 Å². The minimum Gasteiger partial charge on any atom is -0.497 e. The van der Waals surface area contributed by atoms with Gasteiger partial charge in [-0.15, -0.1) is 10.2 Å². The van der Waals surface area contributed by atoms with E-state index in [4.69, 9.17) is 4.74 Å². The van der Waals surface area contributed by atoms with Crippen LogP contribution in [0.3, 0.4) is 0 Å². The van der Waals surface area contributed by atoms with E-state index in [0.29, 0.717) is 32.7 Å². The highest BCUT2D eigenvalue weighted by molar-refractivity contribution is 5.85. The number of carbonyl (C=O) groups excluding carboxylic acids is 2. The Morgan fingerprint density at radius 3 is 2.27 bits per heavy atom. The Balaban J connectivity index is 1.55. The van der Waals surface area contributed by atoms with E-state index in [1.807, 2.05) is 55.1 Å². The number of amides is 2. The van der Waals surface area contributed by atoms with Gasteiger partial charge < -0.3 is 19.4 Å². The number of methoxy groups -OCH3 is 1. The molecular weight excluding hydrogens is 418 g/mol. The molecule has 1 aromatic carbocycles. The molecule has 1 saturated heterocycles. The predicted molar refractivity (Wildman–Crippen MR) is 129 cm³/mol. The van der Waals surface area contributed by atoms with E-state index in [1.54, 1.807) is 12.0 Å². The maximum atomic E-state index is 12.9. The molecule has 0 aliphatic carbocycles. The number of carbonyl (C=O) groups is 2. The zero-order valence-electron chi connectivity index (χ0n) is 20.2. The van der Waals surface area contributed by atoms with E-state index >= 15 is 0 Å². The molecule has 0 saturated carbocycles. The zero-order chi connectivity index (χ0) is 23.8. The van der Waals surface area contributed by atoms with Crippen molar-refractivity contribution in [3.63, 3.8) is 0 Å².